The van der Waals surface area contributed by atoms with Crippen molar-refractivity contribution in [3.05, 3.63) is 71.3 Å². The van der Waals surface area contributed by atoms with E-state index < -0.39 is 6.04 Å². The first-order valence-electron chi connectivity index (χ1n) is 8.36. The lowest BCUT2D eigenvalue weighted by atomic mass is 9.94. The van der Waals surface area contributed by atoms with Crippen molar-refractivity contribution in [1.82, 2.24) is 10.2 Å². The van der Waals surface area contributed by atoms with E-state index >= 15 is 0 Å². The number of ether oxygens (including phenoxy) is 1. The molecule has 1 amide bonds. The van der Waals surface area contributed by atoms with Crippen LogP contribution in [0, 0.1) is 0 Å². The van der Waals surface area contributed by atoms with Crippen molar-refractivity contribution in [2.45, 2.75) is 25.6 Å². The summed E-state index contributed by atoms with van der Waals surface area (Å²) in [4.78, 5) is 26.4. The molecule has 1 heterocycles. The third kappa shape index (κ3) is 4.25. The van der Waals surface area contributed by atoms with Crippen LogP contribution in [0.1, 0.15) is 16.7 Å². The maximum Gasteiger partial charge on any atom is 0.323 e. The standard InChI is InChI=1S/C20H22N2O3/c1-25-20(24)18-11-16-9-5-6-10-17(16)13-22(18)14-19(23)21-12-15-7-3-2-4-8-15/h2-10,18H,11-14H2,1H3,(H,21,23)/t18-/m1/s1. The maximum absolute atomic E-state index is 12.3. The molecular weight excluding hydrogens is 316 g/mol. The molecule has 3 rings (SSSR count). The highest BCUT2D eigenvalue weighted by Crippen LogP contribution is 2.23. The number of amides is 1. The second kappa shape index (κ2) is 7.94. The van der Waals surface area contributed by atoms with Crippen molar-refractivity contribution in [1.29, 1.82) is 0 Å². The van der Waals surface area contributed by atoms with Crippen molar-refractivity contribution in [2.75, 3.05) is 13.7 Å². The lowest BCUT2D eigenvalue weighted by molar-refractivity contribution is -0.148. The molecule has 0 radical (unpaired) electrons. The highest BCUT2D eigenvalue weighted by molar-refractivity contribution is 5.81. The van der Waals surface area contributed by atoms with Gasteiger partial charge in [-0.25, -0.2) is 0 Å². The molecule has 0 unspecified atom stereocenters. The number of fused-ring (bicyclic) bond motifs is 1. The summed E-state index contributed by atoms with van der Waals surface area (Å²) in [5.41, 5.74) is 3.33. The quantitative estimate of drug-likeness (QED) is 0.846. The zero-order valence-electron chi connectivity index (χ0n) is 14.3. The van der Waals surface area contributed by atoms with E-state index in [0.29, 0.717) is 19.5 Å². The molecule has 0 saturated heterocycles. The molecule has 5 heteroatoms. The van der Waals surface area contributed by atoms with Gasteiger partial charge in [0.2, 0.25) is 5.91 Å². The van der Waals surface area contributed by atoms with Gasteiger partial charge in [0.05, 0.1) is 13.7 Å². The van der Waals surface area contributed by atoms with E-state index in [1.807, 2.05) is 59.5 Å². The average molecular weight is 338 g/mol. The normalized spacial score (nSPS) is 16.8. The molecule has 25 heavy (non-hydrogen) atoms. The van der Waals surface area contributed by atoms with Gasteiger partial charge in [0.15, 0.2) is 0 Å². The number of carbonyl (C=O) groups excluding carboxylic acids is 2. The number of nitrogens with one attached hydrogen (secondary N) is 1. The minimum atomic E-state index is -0.428. The molecule has 0 bridgehead atoms. The fourth-order valence-corrected chi connectivity index (χ4v) is 3.15. The second-order valence-corrected chi connectivity index (χ2v) is 6.18. The molecule has 130 valence electrons. The van der Waals surface area contributed by atoms with E-state index in [1.165, 1.54) is 7.11 Å². The molecule has 1 aliphatic rings. The first-order valence-corrected chi connectivity index (χ1v) is 8.36. The maximum atomic E-state index is 12.3. The molecule has 1 N–H and O–H groups in total. The Hall–Kier alpha value is -2.66. The number of nitrogens with zero attached hydrogens (tertiary/aromatic N) is 1. The van der Waals surface area contributed by atoms with Crippen molar-refractivity contribution in [2.24, 2.45) is 0 Å². The summed E-state index contributed by atoms with van der Waals surface area (Å²) in [6.07, 6.45) is 0.564. The molecule has 0 saturated carbocycles. The van der Waals surface area contributed by atoms with Crippen LogP contribution in [-0.2, 0) is 33.8 Å². The minimum absolute atomic E-state index is 0.0999. The number of benzene rings is 2. The predicted octanol–water partition coefficient (Wildman–Crippen LogP) is 1.90. The van der Waals surface area contributed by atoms with Crippen molar-refractivity contribution < 1.29 is 14.3 Å². The van der Waals surface area contributed by atoms with E-state index in [4.69, 9.17) is 4.74 Å². The molecule has 2 aromatic rings. The van der Waals surface area contributed by atoms with Crippen molar-refractivity contribution in [3.63, 3.8) is 0 Å². The molecule has 0 aliphatic carbocycles. The van der Waals surface area contributed by atoms with Crippen LogP contribution >= 0.6 is 0 Å². The molecule has 5 nitrogen and oxygen atoms in total. The number of rotatable bonds is 5. The summed E-state index contributed by atoms with van der Waals surface area (Å²) >= 11 is 0. The molecule has 2 aromatic carbocycles. The Bertz CT molecular complexity index is 746. The fraction of sp³-hybridized carbons (Fsp3) is 0.300. The first kappa shape index (κ1) is 17.2. The summed E-state index contributed by atoms with van der Waals surface area (Å²) in [6, 6.07) is 17.3. The van der Waals surface area contributed by atoms with Crippen LogP contribution in [0.4, 0.5) is 0 Å². The van der Waals surface area contributed by atoms with Gasteiger partial charge in [0.25, 0.3) is 0 Å². The van der Waals surface area contributed by atoms with Crippen LogP contribution in [0.2, 0.25) is 0 Å². The molecule has 1 atom stereocenters. The average Bonchev–Trinajstić information content (AvgIpc) is 2.66. The smallest absolute Gasteiger partial charge is 0.323 e. The molecule has 0 fully saturated rings. The molecule has 0 spiro atoms. The van der Waals surface area contributed by atoms with Crippen LogP contribution in [-0.4, -0.2) is 36.5 Å². The predicted molar refractivity (Wildman–Crippen MR) is 94.6 cm³/mol. The summed E-state index contributed by atoms with van der Waals surface area (Å²) in [6.45, 7) is 1.21. The summed E-state index contributed by atoms with van der Waals surface area (Å²) in [5.74, 6) is -0.400. The topological polar surface area (TPSA) is 58.6 Å². The van der Waals surface area contributed by atoms with E-state index in [0.717, 1.165) is 16.7 Å². The summed E-state index contributed by atoms with van der Waals surface area (Å²) in [5, 5.41) is 2.91. The highest BCUT2D eigenvalue weighted by Gasteiger charge is 2.33. The highest BCUT2D eigenvalue weighted by atomic mass is 16.5. The number of hydrogen-bond acceptors (Lipinski definition) is 4. The van der Waals surface area contributed by atoms with Crippen LogP contribution < -0.4 is 5.32 Å². The second-order valence-electron chi connectivity index (χ2n) is 6.18. The van der Waals surface area contributed by atoms with Gasteiger partial charge in [-0.15, -0.1) is 0 Å². The summed E-state index contributed by atoms with van der Waals surface area (Å²) in [7, 11) is 1.39. The fourth-order valence-electron chi connectivity index (χ4n) is 3.15. The van der Waals surface area contributed by atoms with Crippen LogP contribution in [0.5, 0.6) is 0 Å². The van der Waals surface area contributed by atoms with E-state index in [-0.39, 0.29) is 18.4 Å². The Balaban J connectivity index is 1.66. The number of esters is 1. The van der Waals surface area contributed by atoms with Crippen LogP contribution in [0.15, 0.2) is 54.6 Å². The van der Waals surface area contributed by atoms with Gasteiger partial charge in [0, 0.05) is 13.1 Å². The minimum Gasteiger partial charge on any atom is -0.468 e. The lowest BCUT2D eigenvalue weighted by Crippen LogP contribution is -2.49. The van der Waals surface area contributed by atoms with Gasteiger partial charge in [-0.2, -0.15) is 0 Å². The van der Waals surface area contributed by atoms with Crippen molar-refractivity contribution >= 4 is 11.9 Å². The van der Waals surface area contributed by atoms with Gasteiger partial charge >= 0.3 is 5.97 Å². The lowest BCUT2D eigenvalue weighted by Gasteiger charge is -2.34. The Morgan fingerprint density at radius 1 is 1.08 bits per heavy atom. The third-order valence-corrected chi connectivity index (χ3v) is 4.50. The Morgan fingerprint density at radius 2 is 1.76 bits per heavy atom. The zero-order valence-corrected chi connectivity index (χ0v) is 14.3. The van der Waals surface area contributed by atoms with Gasteiger partial charge in [-0.05, 0) is 23.1 Å². The Labute approximate surface area is 147 Å². The molecular formula is C20H22N2O3. The van der Waals surface area contributed by atoms with Crippen LogP contribution in [0.3, 0.4) is 0 Å². The van der Waals surface area contributed by atoms with E-state index in [2.05, 4.69) is 5.32 Å². The van der Waals surface area contributed by atoms with E-state index in [9.17, 15) is 9.59 Å². The number of carbonyl (C=O) groups is 2. The SMILES string of the molecule is COC(=O)[C@H]1Cc2ccccc2CN1CC(=O)NCc1ccccc1. The number of methoxy groups -OCH3 is 1. The monoisotopic (exact) mass is 338 g/mol. The van der Waals surface area contributed by atoms with Crippen LogP contribution in [0.25, 0.3) is 0 Å². The summed E-state index contributed by atoms with van der Waals surface area (Å²) < 4.78 is 4.93. The van der Waals surface area contributed by atoms with Gasteiger partial charge in [0.1, 0.15) is 6.04 Å². The van der Waals surface area contributed by atoms with Gasteiger partial charge in [-0.3, -0.25) is 14.5 Å². The van der Waals surface area contributed by atoms with Gasteiger partial charge < -0.3 is 10.1 Å². The Kier molecular flexibility index (Phi) is 5.46. The Morgan fingerprint density at radius 3 is 2.48 bits per heavy atom. The van der Waals surface area contributed by atoms with Gasteiger partial charge in [-0.1, -0.05) is 54.6 Å². The van der Waals surface area contributed by atoms with Crippen molar-refractivity contribution in [3.8, 4) is 0 Å². The first-order chi connectivity index (χ1) is 12.2. The molecule has 0 aromatic heterocycles. The molecule has 1 aliphatic heterocycles. The third-order valence-electron chi connectivity index (χ3n) is 4.50. The zero-order chi connectivity index (χ0) is 17.6. The largest absolute Gasteiger partial charge is 0.468 e. The van der Waals surface area contributed by atoms with E-state index in [1.54, 1.807) is 0 Å². The number of hydrogen-bond donors (Lipinski definition) is 1.